The van der Waals surface area contributed by atoms with Gasteiger partial charge < -0.3 is 1.43 Å². The van der Waals surface area contributed by atoms with E-state index in [0.29, 0.717) is 0 Å². The first-order chi connectivity index (χ1) is 3.41. The van der Waals surface area contributed by atoms with Crippen molar-refractivity contribution in [1.82, 2.24) is 0 Å². The predicted molar refractivity (Wildman–Crippen MR) is 32.4 cm³/mol. The largest absolute Gasteiger partial charge is 1.00 e. The van der Waals surface area contributed by atoms with Crippen molar-refractivity contribution >= 4 is 20.2 Å². The van der Waals surface area contributed by atoms with Gasteiger partial charge in [0, 0.05) is 11.2 Å². The summed E-state index contributed by atoms with van der Waals surface area (Å²) in [6.45, 7) is 2.21. The molecule has 0 spiro atoms. The van der Waals surface area contributed by atoms with Gasteiger partial charge >= 0.3 is 66.5 Å². The maximum absolute atomic E-state index is 9.11. The van der Waals surface area contributed by atoms with Crippen LogP contribution >= 0.6 is 0 Å². The van der Waals surface area contributed by atoms with Crippen LogP contribution in [-0.4, -0.2) is 13.3 Å². The molecule has 0 heterocycles. The molecule has 0 fully saturated rings. The van der Waals surface area contributed by atoms with Crippen LogP contribution < -0.4 is 29.6 Å². The first-order valence-corrected chi connectivity index (χ1v) is 8.19. The van der Waals surface area contributed by atoms with Gasteiger partial charge in [0.05, 0.1) is 0 Å². The number of rotatable bonds is 0. The van der Waals surface area contributed by atoms with Gasteiger partial charge in [0.2, 0.25) is 0 Å². The molecule has 49 valence electrons. The van der Waals surface area contributed by atoms with Crippen molar-refractivity contribution in [3.8, 4) is 0 Å². The predicted octanol–water partition coefficient (Wildman–Crippen LogP) is -2.23. The molecule has 0 amide bonds. The monoisotopic (exact) mass is 369 g/mol. The molecule has 0 aliphatic heterocycles. The van der Waals surface area contributed by atoms with E-state index in [9.17, 15) is 0 Å². The second-order valence-corrected chi connectivity index (χ2v) is 7.03. The molecule has 0 rings (SSSR count). The van der Waals surface area contributed by atoms with Gasteiger partial charge in [0.15, 0.2) is 0 Å². The van der Waals surface area contributed by atoms with E-state index in [1.165, 1.54) is 3.93 Å². The molecule has 0 bridgehead atoms. The van der Waals surface area contributed by atoms with E-state index >= 15 is 0 Å². The van der Waals surface area contributed by atoms with Crippen molar-refractivity contribution in [3.05, 3.63) is 0 Å². The fourth-order valence-corrected chi connectivity index (χ4v) is 0. The zero-order valence-corrected chi connectivity index (χ0v) is 14.7. The second-order valence-electron chi connectivity index (χ2n) is 0.948. The Kier molecular flexibility index (Phi) is 19.7. The average molecular weight is 368 g/mol. The molecule has 0 saturated carbocycles. The van der Waals surface area contributed by atoms with Crippen LogP contribution in [0, 0.1) is 0 Å². The summed E-state index contributed by atoms with van der Waals surface area (Å²) in [5.41, 5.74) is 0. The summed E-state index contributed by atoms with van der Waals surface area (Å²) in [7, 11) is -3.83. The summed E-state index contributed by atoms with van der Waals surface area (Å²) < 4.78 is 25.4. The summed E-state index contributed by atoms with van der Waals surface area (Å²) >= 11 is 4.53. The quantitative estimate of drug-likeness (QED) is 0.476. The summed E-state index contributed by atoms with van der Waals surface area (Å²) in [4.78, 5) is 0. The van der Waals surface area contributed by atoms with Crippen LogP contribution in [0.1, 0.15) is 8.35 Å². The van der Waals surface area contributed by atoms with Gasteiger partial charge in [-0.25, -0.2) is 0 Å². The van der Waals surface area contributed by atoms with Gasteiger partial charge in [-0.1, -0.05) is 0 Å². The maximum Gasteiger partial charge on any atom is 1.00 e. The third-order valence-corrected chi connectivity index (χ3v) is 0. The van der Waals surface area contributed by atoms with Gasteiger partial charge in [0.25, 0.3) is 9.05 Å². The minimum absolute atomic E-state index is 0. The van der Waals surface area contributed by atoms with Crippen LogP contribution in [0.15, 0.2) is 0 Å². The molecule has 0 aliphatic carbocycles. The molecule has 0 aliphatic rings. The molecule has 2 N–H and O–H groups in total. The molecule has 3 nitrogen and oxygen atoms in total. The van der Waals surface area contributed by atoms with E-state index in [2.05, 4.69) is 18.1 Å². The Morgan fingerprint density at radius 2 is 1.78 bits per heavy atom. The average Bonchev–Trinajstić information content (AvgIpc) is 1.27. The van der Waals surface area contributed by atoms with Crippen molar-refractivity contribution in [2.45, 2.75) is 10.9 Å². The van der Waals surface area contributed by atoms with Crippen LogP contribution in [0.2, 0.25) is 3.93 Å². The van der Waals surface area contributed by atoms with Crippen LogP contribution in [0.5, 0.6) is 0 Å². The molecular formula is C2H8HgNaO3S2. The zero-order valence-electron chi connectivity index (χ0n) is 6.53. The minimum Gasteiger partial charge on any atom is -1.00 e. The molecule has 0 unspecified atom stereocenters. The van der Waals surface area contributed by atoms with Crippen molar-refractivity contribution in [1.29, 1.82) is 0 Å². The molecule has 0 aromatic carbocycles. The SMILES string of the molecule is C[CH2][Hg].O=S(O)(O)=S.[H-].[Na+]. The second kappa shape index (κ2) is 10.2. The fraction of sp³-hybridized carbons (Fsp3) is 1.00. The van der Waals surface area contributed by atoms with Crippen LogP contribution in [0.3, 0.4) is 0 Å². The van der Waals surface area contributed by atoms with Crippen molar-refractivity contribution in [2.24, 2.45) is 0 Å². The van der Waals surface area contributed by atoms with E-state index < -0.39 is 9.05 Å². The van der Waals surface area contributed by atoms with E-state index in [1.54, 1.807) is 0 Å². The molecule has 0 aromatic rings. The molecule has 0 saturated heterocycles. The summed E-state index contributed by atoms with van der Waals surface area (Å²) in [5, 5.41) is 0. The Labute approximate surface area is 100 Å². The number of hydrogen-bond acceptors (Lipinski definition) is 2. The topological polar surface area (TPSA) is 57.5 Å². The Morgan fingerprint density at radius 1 is 1.78 bits per heavy atom. The number of hydrogen-bond donors (Lipinski definition) is 2. The Morgan fingerprint density at radius 3 is 1.78 bits per heavy atom. The molecule has 0 atom stereocenters. The third kappa shape index (κ3) is 140. The summed E-state index contributed by atoms with van der Waals surface area (Å²) in [6, 6.07) is 0. The van der Waals surface area contributed by atoms with Crippen LogP contribution in [0.25, 0.3) is 0 Å². The molecule has 0 radical (unpaired) electrons. The molecule has 9 heavy (non-hydrogen) atoms. The Hall–Kier alpha value is 2.23. The smallest absolute Gasteiger partial charge is 1.00 e. The molecular weight excluding hydrogens is 360 g/mol. The summed E-state index contributed by atoms with van der Waals surface area (Å²) in [6.07, 6.45) is 0. The zero-order chi connectivity index (χ0) is 7.21. The van der Waals surface area contributed by atoms with Crippen molar-refractivity contribution < 1.29 is 70.4 Å². The third-order valence-electron chi connectivity index (χ3n) is 0. The minimum atomic E-state index is -3.83. The standard InChI is InChI=1S/C2H5.Hg.Na.H2O3S2.H/c1-2;;;1-5(2,3)4;/h1H2,2H3;;;(H2,1,2,3,4);/q;;+1;;-1. The van der Waals surface area contributed by atoms with E-state index in [4.69, 9.17) is 13.3 Å². The van der Waals surface area contributed by atoms with Gasteiger partial charge in [-0.3, -0.25) is 9.11 Å². The van der Waals surface area contributed by atoms with Crippen LogP contribution in [0.4, 0.5) is 0 Å². The molecule has 7 heteroatoms. The van der Waals surface area contributed by atoms with Gasteiger partial charge in [0.1, 0.15) is 0 Å². The van der Waals surface area contributed by atoms with Gasteiger partial charge in [-0.2, -0.15) is 4.21 Å². The van der Waals surface area contributed by atoms with Crippen molar-refractivity contribution in [2.75, 3.05) is 0 Å². The van der Waals surface area contributed by atoms with Gasteiger partial charge in [-0.15, -0.1) is 0 Å². The molecule has 0 aromatic heterocycles. The fourth-order valence-electron chi connectivity index (χ4n) is 0. The van der Waals surface area contributed by atoms with Crippen molar-refractivity contribution in [3.63, 3.8) is 0 Å². The van der Waals surface area contributed by atoms with E-state index in [-0.39, 0.29) is 31.0 Å². The van der Waals surface area contributed by atoms with E-state index in [0.717, 1.165) is 26.1 Å². The Bertz CT molecular complexity index is 118. The summed E-state index contributed by atoms with van der Waals surface area (Å²) in [5.74, 6) is 0. The Balaban J connectivity index is -0.0000000326. The maximum atomic E-state index is 9.11. The normalized spacial score (nSPS) is 8.56. The van der Waals surface area contributed by atoms with E-state index in [1.807, 2.05) is 0 Å². The van der Waals surface area contributed by atoms with Gasteiger partial charge in [-0.05, 0) is 0 Å². The van der Waals surface area contributed by atoms with Crippen LogP contribution in [-0.2, 0) is 46.4 Å². The first-order valence-electron chi connectivity index (χ1n) is 1.91. The first kappa shape index (κ1) is 17.3.